The number of halogens is 1. The summed E-state index contributed by atoms with van der Waals surface area (Å²) >= 11 is 0. The van der Waals surface area contributed by atoms with E-state index in [1.54, 1.807) is 11.8 Å². The van der Waals surface area contributed by atoms with E-state index >= 15 is 0 Å². The van der Waals surface area contributed by atoms with Gasteiger partial charge in [0.2, 0.25) is 0 Å². The highest BCUT2D eigenvalue weighted by Gasteiger charge is 2.22. The van der Waals surface area contributed by atoms with E-state index in [2.05, 4.69) is 0 Å². The van der Waals surface area contributed by atoms with Crippen LogP contribution in [-0.4, -0.2) is 29.0 Å². The van der Waals surface area contributed by atoms with Gasteiger partial charge in [-0.1, -0.05) is 0 Å². The number of rotatable bonds is 1. The maximum Gasteiger partial charge on any atom is 0.256 e. The minimum atomic E-state index is -0.563. The molecular formula is C12H14FNO2. The largest absolute Gasteiger partial charge is 0.508 e. The van der Waals surface area contributed by atoms with Gasteiger partial charge in [0.05, 0.1) is 5.56 Å². The van der Waals surface area contributed by atoms with Crippen molar-refractivity contribution in [3.63, 3.8) is 0 Å². The zero-order valence-corrected chi connectivity index (χ0v) is 9.16. The number of carbonyl (C=O) groups is 1. The number of phenols is 1. The number of nitrogens with zero attached hydrogens (tertiary/aromatic N) is 1. The van der Waals surface area contributed by atoms with Crippen LogP contribution in [0.3, 0.4) is 0 Å². The van der Waals surface area contributed by atoms with Gasteiger partial charge in [-0.05, 0) is 37.5 Å². The summed E-state index contributed by atoms with van der Waals surface area (Å²) in [5, 5.41) is 9.48. The van der Waals surface area contributed by atoms with Gasteiger partial charge in [0.1, 0.15) is 11.6 Å². The molecule has 1 aliphatic heterocycles. The third-order valence-electron chi connectivity index (χ3n) is 2.91. The number of aryl methyl sites for hydroxylation is 1. The molecule has 0 atom stereocenters. The smallest absolute Gasteiger partial charge is 0.256 e. The molecule has 1 aliphatic rings. The Balaban J connectivity index is 2.32. The predicted octanol–water partition coefficient (Wildman–Crippen LogP) is 2.08. The molecule has 1 amide bonds. The fraction of sp³-hybridized carbons (Fsp3) is 0.417. The van der Waals surface area contributed by atoms with E-state index in [1.807, 2.05) is 0 Å². The molecule has 1 saturated heterocycles. The predicted molar refractivity (Wildman–Crippen MR) is 57.9 cm³/mol. The first-order valence-corrected chi connectivity index (χ1v) is 5.38. The van der Waals surface area contributed by atoms with Gasteiger partial charge < -0.3 is 10.0 Å². The molecular weight excluding hydrogens is 209 g/mol. The van der Waals surface area contributed by atoms with Crippen LogP contribution in [0.4, 0.5) is 4.39 Å². The highest BCUT2D eigenvalue weighted by molar-refractivity contribution is 5.95. The molecule has 1 N–H and O–H groups in total. The molecule has 3 nitrogen and oxygen atoms in total. The average Bonchev–Trinajstić information content (AvgIpc) is 2.75. The molecule has 1 aromatic carbocycles. The maximum atomic E-state index is 13.6. The van der Waals surface area contributed by atoms with E-state index in [0.29, 0.717) is 18.7 Å². The second-order valence-electron chi connectivity index (χ2n) is 4.12. The minimum Gasteiger partial charge on any atom is -0.508 e. The lowest BCUT2D eigenvalue weighted by atomic mass is 10.1. The zero-order chi connectivity index (χ0) is 11.7. The van der Waals surface area contributed by atoms with Gasteiger partial charge in [-0.3, -0.25) is 4.79 Å². The van der Waals surface area contributed by atoms with Crippen molar-refractivity contribution in [1.82, 2.24) is 4.90 Å². The number of phenolic OH excluding ortho intramolecular Hbond substituents is 1. The van der Waals surface area contributed by atoms with Crippen LogP contribution in [0.1, 0.15) is 28.8 Å². The number of hydrogen-bond acceptors (Lipinski definition) is 2. The number of aromatic hydroxyl groups is 1. The number of benzene rings is 1. The van der Waals surface area contributed by atoms with Crippen molar-refractivity contribution in [2.45, 2.75) is 19.8 Å². The molecule has 0 bridgehead atoms. The maximum absolute atomic E-state index is 13.6. The van der Waals surface area contributed by atoms with Crippen LogP contribution in [0.2, 0.25) is 0 Å². The Kier molecular flexibility index (Phi) is 2.81. The molecule has 2 rings (SSSR count). The fourth-order valence-electron chi connectivity index (χ4n) is 1.92. The molecule has 1 fully saturated rings. The quantitative estimate of drug-likeness (QED) is 0.791. The molecule has 1 heterocycles. The highest BCUT2D eigenvalue weighted by Crippen LogP contribution is 2.23. The normalized spacial score (nSPS) is 15.5. The second-order valence-corrected chi connectivity index (χ2v) is 4.12. The first kappa shape index (κ1) is 10.9. The molecule has 16 heavy (non-hydrogen) atoms. The first-order chi connectivity index (χ1) is 7.59. The van der Waals surface area contributed by atoms with Crippen molar-refractivity contribution in [2.75, 3.05) is 13.1 Å². The molecule has 4 heteroatoms. The van der Waals surface area contributed by atoms with E-state index < -0.39 is 5.82 Å². The van der Waals surface area contributed by atoms with Crippen molar-refractivity contribution < 1.29 is 14.3 Å². The van der Waals surface area contributed by atoms with E-state index in [1.165, 1.54) is 12.1 Å². The Morgan fingerprint density at radius 1 is 1.38 bits per heavy atom. The van der Waals surface area contributed by atoms with E-state index in [-0.39, 0.29) is 17.2 Å². The van der Waals surface area contributed by atoms with E-state index in [9.17, 15) is 14.3 Å². The highest BCUT2D eigenvalue weighted by atomic mass is 19.1. The number of amides is 1. The Labute approximate surface area is 93.5 Å². The minimum absolute atomic E-state index is 0.0370. The van der Waals surface area contributed by atoms with Gasteiger partial charge in [0.25, 0.3) is 5.91 Å². The van der Waals surface area contributed by atoms with E-state index in [4.69, 9.17) is 0 Å². The summed E-state index contributed by atoms with van der Waals surface area (Å²) in [5.41, 5.74) is 0.403. The molecule has 1 aromatic rings. The summed E-state index contributed by atoms with van der Waals surface area (Å²) < 4.78 is 13.6. The molecule has 0 aromatic heterocycles. The van der Waals surface area contributed by atoms with Gasteiger partial charge in [0, 0.05) is 13.1 Å². The monoisotopic (exact) mass is 223 g/mol. The summed E-state index contributed by atoms with van der Waals surface area (Å²) in [7, 11) is 0. The van der Waals surface area contributed by atoms with Gasteiger partial charge in [-0.2, -0.15) is 0 Å². The third kappa shape index (κ3) is 1.87. The lowest BCUT2D eigenvalue weighted by molar-refractivity contribution is 0.0787. The summed E-state index contributed by atoms with van der Waals surface area (Å²) in [5.74, 6) is -0.929. The van der Waals surface area contributed by atoms with Gasteiger partial charge >= 0.3 is 0 Å². The second kappa shape index (κ2) is 4.12. The summed E-state index contributed by atoms with van der Waals surface area (Å²) in [6, 6.07) is 2.41. The summed E-state index contributed by atoms with van der Waals surface area (Å²) in [4.78, 5) is 13.5. The zero-order valence-electron chi connectivity index (χ0n) is 9.16. The third-order valence-corrected chi connectivity index (χ3v) is 2.91. The molecule has 0 unspecified atom stereocenters. The lowest BCUT2D eigenvalue weighted by Crippen LogP contribution is -2.28. The van der Waals surface area contributed by atoms with Crippen molar-refractivity contribution in [3.8, 4) is 5.75 Å². The standard InChI is InChI=1S/C12H14FNO2/c1-8-6-10(13)9(7-11(8)15)12(16)14-4-2-3-5-14/h6-7,15H,2-5H2,1H3. The average molecular weight is 223 g/mol. The Hall–Kier alpha value is -1.58. The van der Waals surface area contributed by atoms with Crippen LogP contribution in [0.15, 0.2) is 12.1 Å². The van der Waals surface area contributed by atoms with Crippen LogP contribution in [0, 0.1) is 12.7 Å². The van der Waals surface area contributed by atoms with Gasteiger partial charge in [-0.15, -0.1) is 0 Å². The Morgan fingerprint density at radius 3 is 2.62 bits per heavy atom. The fourth-order valence-corrected chi connectivity index (χ4v) is 1.92. The summed E-state index contributed by atoms with van der Waals surface area (Å²) in [6.07, 6.45) is 1.93. The van der Waals surface area contributed by atoms with Crippen molar-refractivity contribution in [1.29, 1.82) is 0 Å². The van der Waals surface area contributed by atoms with Crippen molar-refractivity contribution >= 4 is 5.91 Å². The Bertz CT molecular complexity index is 425. The summed E-state index contributed by atoms with van der Waals surface area (Å²) in [6.45, 7) is 2.95. The van der Waals surface area contributed by atoms with Crippen LogP contribution in [0.25, 0.3) is 0 Å². The number of likely N-dealkylation sites (tertiary alicyclic amines) is 1. The van der Waals surface area contributed by atoms with Crippen LogP contribution in [0.5, 0.6) is 5.75 Å². The van der Waals surface area contributed by atoms with Crippen LogP contribution >= 0.6 is 0 Å². The van der Waals surface area contributed by atoms with Gasteiger partial charge in [0.15, 0.2) is 0 Å². The first-order valence-electron chi connectivity index (χ1n) is 5.38. The molecule has 0 aliphatic carbocycles. The lowest BCUT2D eigenvalue weighted by Gasteiger charge is -2.16. The Morgan fingerprint density at radius 2 is 2.00 bits per heavy atom. The van der Waals surface area contributed by atoms with Crippen LogP contribution < -0.4 is 0 Å². The molecule has 0 saturated carbocycles. The van der Waals surface area contributed by atoms with Crippen molar-refractivity contribution in [3.05, 3.63) is 29.1 Å². The van der Waals surface area contributed by atoms with E-state index in [0.717, 1.165) is 12.8 Å². The molecule has 0 radical (unpaired) electrons. The van der Waals surface area contributed by atoms with Gasteiger partial charge in [-0.25, -0.2) is 4.39 Å². The SMILES string of the molecule is Cc1cc(F)c(C(=O)N2CCCC2)cc1O. The van der Waals surface area contributed by atoms with Crippen LogP contribution in [-0.2, 0) is 0 Å². The topological polar surface area (TPSA) is 40.5 Å². The molecule has 0 spiro atoms. The number of carbonyl (C=O) groups excluding carboxylic acids is 1. The number of hydrogen-bond donors (Lipinski definition) is 1. The molecule has 86 valence electrons. The van der Waals surface area contributed by atoms with Crippen molar-refractivity contribution in [2.24, 2.45) is 0 Å².